The fraction of sp³-hybridized carbons (Fsp3) is 0.632. The minimum absolute atomic E-state index is 0. The van der Waals surface area contributed by atoms with Crippen LogP contribution in [0.2, 0.25) is 0 Å². The molecule has 1 aliphatic carbocycles. The molecule has 3 rings (SSSR count). The van der Waals surface area contributed by atoms with Gasteiger partial charge in [0.2, 0.25) is 0 Å². The minimum Gasteiger partial charge on any atom is -0.465 e. The summed E-state index contributed by atoms with van der Waals surface area (Å²) in [5, 5.41) is 6.92. The second-order valence-electron chi connectivity index (χ2n) is 6.71. The zero-order valence-electron chi connectivity index (χ0n) is 15.3. The molecule has 2 heterocycles. The van der Waals surface area contributed by atoms with Crippen molar-refractivity contribution in [2.24, 2.45) is 4.99 Å². The van der Waals surface area contributed by atoms with Crippen LogP contribution in [-0.2, 0) is 0 Å². The standard InChI is InChI=1S/C19H30N4O.HI/c1-3-20-19(22-16-8-4-5-9-16)21-14-17(23-12-6-7-13-23)18-11-10-15(2)24-18;/h4-5,10-11,16-17H,3,6-9,12-14H2,1-2H3,(H2,20,21,22);1H. The normalized spacial score (nSPS) is 19.8. The Morgan fingerprint density at radius 3 is 2.60 bits per heavy atom. The van der Waals surface area contributed by atoms with Crippen molar-refractivity contribution in [2.75, 3.05) is 26.2 Å². The first-order valence-electron chi connectivity index (χ1n) is 9.26. The van der Waals surface area contributed by atoms with Gasteiger partial charge in [-0.3, -0.25) is 9.89 Å². The summed E-state index contributed by atoms with van der Waals surface area (Å²) in [5.74, 6) is 2.93. The number of hydrogen-bond acceptors (Lipinski definition) is 3. The molecule has 0 saturated carbocycles. The molecule has 2 N–H and O–H groups in total. The van der Waals surface area contributed by atoms with Gasteiger partial charge < -0.3 is 15.1 Å². The van der Waals surface area contributed by atoms with Crippen molar-refractivity contribution in [3.63, 3.8) is 0 Å². The molecule has 1 atom stereocenters. The van der Waals surface area contributed by atoms with Crippen molar-refractivity contribution in [3.8, 4) is 0 Å². The van der Waals surface area contributed by atoms with Gasteiger partial charge in [-0.15, -0.1) is 24.0 Å². The van der Waals surface area contributed by atoms with Crippen molar-refractivity contribution in [2.45, 2.75) is 51.6 Å². The van der Waals surface area contributed by atoms with Crippen molar-refractivity contribution in [1.82, 2.24) is 15.5 Å². The zero-order chi connectivity index (χ0) is 16.8. The molecule has 0 aromatic carbocycles. The first-order valence-corrected chi connectivity index (χ1v) is 9.26. The highest BCUT2D eigenvalue weighted by Crippen LogP contribution is 2.27. The van der Waals surface area contributed by atoms with Gasteiger partial charge in [-0.1, -0.05) is 12.2 Å². The molecule has 25 heavy (non-hydrogen) atoms. The Morgan fingerprint density at radius 2 is 2.00 bits per heavy atom. The smallest absolute Gasteiger partial charge is 0.191 e. The van der Waals surface area contributed by atoms with Crippen LogP contribution in [0.15, 0.2) is 33.7 Å². The SMILES string of the molecule is CCNC(=NCC(c1ccc(C)o1)N1CCCC1)NC1CC=CC1.I. The lowest BCUT2D eigenvalue weighted by molar-refractivity contribution is 0.219. The third-order valence-corrected chi connectivity index (χ3v) is 4.79. The van der Waals surface area contributed by atoms with Crippen LogP contribution in [0.4, 0.5) is 0 Å². The van der Waals surface area contributed by atoms with Crippen molar-refractivity contribution in [1.29, 1.82) is 0 Å². The summed E-state index contributed by atoms with van der Waals surface area (Å²) < 4.78 is 5.92. The first-order chi connectivity index (χ1) is 11.8. The molecule has 0 spiro atoms. The maximum atomic E-state index is 5.92. The molecule has 2 aliphatic rings. The Bertz CT molecular complexity index is 570. The quantitative estimate of drug-likeness (QED) is 0.296. The molecular weight excluding hydrogens is 427 g/mol. The van der Waals surface area contributed by atoms with Crippen molar-refractivity contribution < 1.29 is 4.42 Å². The first kappa shape index (κ1) is 20.3. The third-order valence-electron chi connectivity index (χ3n) is 4.79. The second kappa shape index (κ2) is 10.2. The third kappa shape index (κ3) is 5.74. The number of hydrogen-bond donors (Lipinski definition) is 2. The number of halogens is 1. The van der Waals surface area contributed by atoms with E-state index >= 15 is 0 Å². The molecule has 1 aromatic rings. The van der Waals surface area contributed by atoms with Crippen LogP contribution in [0, 0.1) is 6.92 Å². The largest absolute Gasteiger partial charge is 0.465 e. The van der Waals surface area contributed by atoms with Crippen LogP contribution in [0.3, 0.4) is 0 Å². The molecule has 0 bridgehead atoms. The Kier molecular flexibility index (Phi) is 8.29. The maximum Gasteiger partial charge on any atom is 0.191 e. The summed E-state index contributed by atoms with van der Waals surface area (Å²) in [6.45, 7) is 7.99. The Labute approximate surface area is 168 Å². The van der Waals surface area contributed by atoms with Crippen LogP contribution in [-0.4, -0.2) is 43.1 Å². The van der Waals surface area contributed by atoms with E-state index in [0.717, 1.165) is 56.5 Å². The van der Waals surface area contributed by atoms with Crippen molar-refractivity contribution in [3.05, 3.63) is 35.8 Å². The maximum absolute atomic E-state index is 5.92. The van der Waals surface area contributed by atoms with Gasteiger partial charge in [0.1, 0.15) is 11.5 Å². The van der Waals surface area contributed by atoms with Gasteiger partial charge in [0.25, 0.3) is 0 Å². The van der Waals surface area contributed by atoms with Crippen LogP contribution >= 0.6 is 24.0 Å². The molecule has 1 aliphatic heterocycles. The number of furan rings is 1. The Morgan fingerprint density at radius 1 is 1.28 bits per heavy atom. The van der Waals surface area contributed by atoms with Gasteiger partial charge in [-0.2, -0.15) is 0 Å². The molecule has 1 unspecified atom stereocenters. The number of aryl methyl sites for hydroxylation is 1. The lowest BCUT2D eigenvalue weighted by Crippen LogP contribution is -2.43. The van der Waals surface area contributed by atoms with Gasteiger partial charge in [0.05, 0.1) is 12.6 Å². The number of rotatable bonds is 6. The summed E-state index contributed by atoms with van der Waals surface area (Å²) in [5.41, 5.74) is 0. The molecule has 0 radical (unpaired) electrons. The highest BCUT2D eigenvalue weighted by molar-refractivity contribution is 14.0. The van der Waals surface area contributed by atoms with E-state index in [1.165, 1.54) is 12.8 Å². The number of likely N-dealkylation sites (tertiary alicyclic amines) is 1. The second-order valence-corrected chi connectivity index (χ2v) is 6.71. The molecule has 1 saturated heterocycles. The van der Waals surface area contributed by atoms with Crippen LogP contribution in [0.1, 0.15) is 50.2 Å². The van der Waals surface area contributed by atoms with Crippen LogP contribution in [0.5, 0.6) is 0 Å². The lowest BCUT2D eigenvalue weighted by atomic mass is 10.2. The van der Waals surface area contributed by atoms with Gasteiger partial charge in [-0.05, 0) is 64.8 Å². The highest BCUT2D eigenvalue weighted by atomic mass is 127. The monoisotopic (exact) mass is 458 g/mol. The van der Waals surface area contributed by atoms with Crippen molar-refractivity contribution >= 4 is 29.9 Å². The predicted octanol–water partition coefficient (Wildman–Crippen LogP) is 3.62. The van der Waals surface area contributed by atoms with E-state index in [1.54, 1.807) is 0 Å². The number of aliphatic imine (C=N–C) groups is 1. The molecule has 5 nitrogen and oxygen atoms in total. The van der Waals surface area contributed by atoms with Gasteiger partial charge in [0, 0.05) is 12.6 Å². The number of nitrogens with zero attached hydrogens (tertiary/aromatic N) is 2. The number of nitrogens with one attached hydrogen (secondary N) is 2. The minimum atomic E-state index is 0. The molecule has 1 fully saturated rings. The average Bonchev–Trinajstić information content (AvgIpc) is 3.31. The number of guanidine groups is 1. The highest BCUT2D eigenvalue weighted by Gasteiger charge is 2.26. The topological polar surface area (TPSA) is 52.8 Å². The molecule has 140 valence electrons. The predicted molar refractivity (Wildman–Crippen MR) is 114 cm³/mol. The summed E-state index contributed by atoms with van der Waals surface area (Å²) in [7, 11) is 0. The van der Waals surface area contributed by atoms with Gasteiger partial charge in [-0.25, -0.2) is 0 Å². The van der Waals surface area contributed by atoms with Crippen LogP contribution < -0.4 is 10.6 Å². The molecule has 1 aromatic heterocycles. The van der Waals surface area contributed by atoms with Gasteiger partial charge >= 0.3 is 0 Å². The zero-order valence-corrected chi connectivity index (χ0v) is 17.7. The Hall–Kier alpha value is -1.02. The summed E-state index contributed by atoms with van der Waals surface area (Å²) >= 11 is 0. The summed E-state index contributed by atoms with van der Waals surface area (Å²) in [4.78, 5) is 7.37. The van der Waals surface area contributed by atoms with Crippen LogP contribution in [0.25, 0.3) is 0 Å². The lowest BCUT2D eigenvalue weighted by Gasteiger charge is -2.25. The molecule has 0 amide bonds. The molecular formula is C19H31IN4O. The fourth-order valence-corrected chi connectivity index (χ4v) is 3.50. The average molecular weight is 458 g/mol. The van der Waals surface area contributed by atoms with E-state index in [-0.39, 0.29) is 30.0 Å². The van der Waals surface area contributed by atoms with Gasteiger partial charge in [0.15, 0.2) is 5.96 Å². The van der Waals surface area contributed by atoms with E-state index in [9.17, 15) is 0 Å². The van der Waals surface area contributed by atoms with E-state index in [1.807, 2.05) is 6.92 Å². The van der Waals surface area contributed by atoms with E-state index in [2.05, 4.69) is 46.7 Å². The molecule has 6 heteroatoms. The fourth-order valence-electron chi connectivity index (χ4n) is 3.50. The summed E-state index contributed by atoms with van der Waals surface area (Å²) in [6, 6.07) is 4.86. The Balaban J connectivity index is 0.00000225. The summed E-state index contributed by atoms with van der Waals surface area (Å²) in [6.07, 6.45) is 9.17. The van der Waals surface area contributed by atoms with E-state index < -0.39 is 0 Å². The van der Waals surface area contributed by atoms with E-state index in [4.69, 9.17) is 9.41 Å². The van der Waals surface area contributed by atoms with E-state index in [0.29, 0.717) is 6.04 Å².